The summed E-state index contributed by atoms with van der Waals surface area (Å²) in [5, 5.41) is 6.07. The van der Waals surface area contributed by atoms with Crippen LogP contribution in [0.5, 0.6) is 5.75 Å². The number of nitrogens with zero attached hydrogens (tertiary/aromatic N) is 1. The SMILES string of the molecule is CCOc1cccnc1NCCC(=O)NC1CC1. The lowest BCUT2D eigenvalue weighted by molar-refractivity contribution is -0.120. The largest absolute Gasteiger partial charge is 0.490 e. The summed E-state index contributed by atoms with van der Waals surface area (Å²) in [6.45, 7) is 3.10. The molecule has 18 heavy (non-hydrogen) atoms. The average Bonchev–Trinajstić information content (AvgIpc) is 3.15. The zero-order chi connectivity index (χ0) is 12.8. The number of hydrogen-bond acceptors (Lipinski definition) is 4. The molecule has 98 valence electrons. The van der Waals surface area contributed by atoms with Gasteiger partial charge in [0.25, 0.3) is 0 Å². The van der Waals surface area contributed by atoms with Crippen LogP contribution in [0.25, 0.3) is 0 Å². The molecule has 1 aliphatic carbocycles. The van der Waals surface area contributed by atoms with E-state index in [0.717, 1.165) is 18.6 Å². The van der Waals surface area contributed by atoms with Gasteiger partial charge in [-0.15, -0.1) is 0 Å². The van der Waals surface area contributed by atoms with Gasteiger partial charge >= 0.3 is 0 Å². The maximum absolute atomic E-state index is 11.5. The van der Waals surface area contributed by atoms with E-state index in [9.17, 15) is 4.79 Å². The first-order valence-electron chi connectivity index (χ1n) is 6.40. The van der Waals surface area contributed by atoms with Crippen LogP contribution in [0.2, 0.25) is 0 Å². The molecule has 0 spiro atoms. The molecular weight excluding hydrogens is 230 g/mol. The first-order chi connectivity index (χ1) is 8.79. The third kappa shape index (κ3) is 3.91. The molecule has 1 saturated carbocycles. The summed E-state index contributed by atoms with van der Waals surface area (Å²) in [6.07, 6.45) is 4.40. The zero-order valence-corrected chi connectivity index (χ0v) is 10.6. The fraction of sp³-hybridized carbons (Fsp3) is 0.538. The quantitative estimate of drug-likeness (QED) is 0.769. The first kappa shape index (κ1) is 12.7. The minimum absolute atomic E-state index is 0.0962. The third-order valence-corrected chi connectivity index (χ3v) is 2.66. The smallest absolute Gasteiger partial charge is 0.221 e. The Morgan fingerprint density at radius 1 is 1.56 bits per heavy atom. The maximum Gasteiger partial charge on any atom is 0.221 e. The standard InChI is InChI=1S/C13H19N3O2/c1-2-18-11-4-3-8-14-13(11)15-9-7-12(17)16-10-5-6-10/h3-4,8,10H,2,5-7,9H2,1H3,(H,14,15)(H,16,17). The van der Waals surface area contributed by atoms with E-state index in [-0.39, 0.29) is 5.91 Å². The second-order valence-electron chi connectivity index (χ2n) is 4.30. The van der Waals surface area contributed by atoms with Crippen LogP contribution in [0, 0.1) is 0 Å². The van der Waals surface area contributed by atoms with Crippen molar-refractivity contribution in [3.05, 3.63) is 18.3 Å². The van der Waals surface area contributed by atoms with Gasteiger partial charge in [0.05, 0.1) is 6.61 Å². The highest BCUT2D eigenvalue weighted by molar-refractivity contribution is 5.77. The van der Waals surface area contributed by atoms with E-state index in [0.29, 0.717) is 31.4 Å². The van der Waals surface area contributed by atoms with Gasteiger partial charge in [0, 0.05) is 25.2 Å². The fourth-order valence-electron chi connectivity index (χ4n) is 1.62. The van der Waals surface area contributed by atoms with E-state index >= 15 is 0 Å². The van der Waals surface area contributed by atoms with Crippen molar-refractivity contribution in [1.29, 1.82) is 0 Å². The zero-order valence-electron chi connectivity index (χ0n) is 10.6. The summed E-state index contributed by atoms with van der Waals surface area (Å²) in [5.74, 6) is 1.51. The Bertz CT molecular complexity index is 405. The van der Waals surface area contributed by atoms with Crippen molar-refractivity contribution in [2.24, 2.45) is 0 Å². The normalized spacial score (nSPS) is 14.1. The van der Waals surface area contributed by atoms with E-state index < -0.39 is 0 Å². The maximum atomic E-state index is 11.5. The minimum Gasteiger partial charge on any atom is -0.490 e. The number of hydrogen-bond donors (Lipinski definition) is 2. The molecule has 0 unspecified atom stereocenters. The average molecular weight is 249 g/mol. The Morgan fingerprint density at radius 3 is 3.11 bits per heavy atom. The highest BCUT2D eigenvalue weighted by atomic mass is 16.5. The van der Waals surface area contributed by atoms with Crippen LogP contribution in [-0.2, 0) is 4.79 Å². The molecule has 0 bridgehead atoms. The Hall–Kier alpha value is -1.78. The van der Waals surface area contributed by atoms with Crippen LogP contribution in [-0.4, -0.2) is 30.1 Å². The van der Waals surface area contributed by atoms with Crippen molar-refractivity contribution in [2.75, 3.05) is 18.5 Å². The lowest BCUT2D eigenvalue weighted by atomic mass is 10.3. The van der Waals surface area contributed by atoms with Gasteiger partial charge in [-0.3, -0.25) is 4.79 Å². The van der Waals surface area contributed by atoms with E-state index in [1.54, 1.807) is 6.20 Å². The highest BCUT2D eigenvalue weighted by Crippen LogP contribution is 2.21. The summed E-state index contributed by atoms with van der Waals surface area (Å²) in [7, 11) is 0. The van der Waals surface area contributed by atoms with Crippen molar-refractivity contribution in [1.82, 2.24) is 10.3 Å². The molecule has 0 atom stereocenters. The molecule has 2 N–H and O–H groups in total. The van der Waals surface area contributed by atoms with E-state index in [1.807, 2.05) is 19.1 Å². The van der Waals surface area contributed by atoms with Gasteiger partial charge in [-0.25, -0.2) is 4.98 Å². The van der Waals surface area contributed by atoms with Crippen molar-refractivity contribution in [3.8, 4) is 5.75 Å². The lowest BCUT2D eigenvalue weighted by Gasteiger charge is -2.10. The fourth-order valence-corrected chi connectivity index (χ4v) is 1.62. The van der Waals surface area contributed by atoms with Crippen LogP contribution in [0.4, 0.5) is 5.82 Å². The molecule has 5 nitrogen and oxygen atoms in total. The predicted octanol–water partition coefficient (Wildman–Crippen LogP) is 1.56. The Kier molecular flexibility index (Phi) is 4.39. The Labute approximate surface area is 107 Å². The number of aromatic nitrogens is 1. The third-order valence-electron chi connectivity index (χ3n) is 2.66. The van der Waals surface area contributed by atoms with Crippen LogP contribution in [0.15, 0.2) is 18.3 Å². The molecule has 1 fully saturated rings. The van der Waals surface area contributed by atoms with Gasteiger partial charge in [-0.2, -0.15) is 0 Å². The molecule has 0 radical (unpaired) electrons. The molecule has 5 heteroatoms. The van der Waals surface area contributed by atoms with Crippen LogP contribution in [0.1, 0.15) is 26.2 Å². The van der Waals surface area contributed by atoms with Crippen LogP contribution in [0.3, 0.4) is 0 Å². The first-order valence-corrected chi connectivity index (χ1v) is 6.40. The van der Waals surface area contributed by atoms with Crippen molar-refractivity contribution < 1.29 is 9.53 Å². The van der Waals surface area contributed by atoms with Crippen molar-refractivity contribution in [2.45, 2.75) is 32.2 Å². The molecule has 0 saturated heterocycles. The number of carbonyl (C=O) groups is 1. The number of nitrogens with one attached hydrogen (secondary N) is 2. The molecule has 0 aromatic carbocycles. The predicted molar refractivity (Wildman–Crippen MR) is 69.7 cm³/mol. The number of rotatable bonds is 7. The highest BCUT2D eigenvalue weighted by Gasteiger charge is 2.22. The number of amides is 1. The van der Waals surface area contributed by atoms with E-state index in [2.05, 4.69) is 15.6 Å². The van der Waals surface area contributed by atoms with Gasteiger partial charge in [-0.1, -0.05) is 0 Å². The monoisotopic (exact) mass is 249 g/mol. The molecule has 1 amide bonds. The molecule has 0 aliphatic heterocycles. The van der Waals surface area contributed by atoms with Crippen molar-refractivity contribution in [3.63, 3.8) is 0 Å². The van der Waals surface area contributed by atoms with Gasteiger partial charge in [0.2, 0.25) is 5.91 Å². The van der Waals surface area contributed by atoms with E-state index in [1.165, 1.54) is 0 Å². The number of anilines is 1. The molecule has 1 aromatic rings. The molecule has 1 heterocycles. The summed E-state index contributed by atoms with van der Waals surface area (Å²) in [5.41, 5.74) is 0. The van der Waals surface area contributed by atoms with E-state index in [4.69, 9.17) is 4.74 Å². The van der Waals surface area contributed by atoms with Crippen LogP contribution >= 0.6 is 0 Å². The summed E-state index contributed by atoms with van der Waals surface area (Å²) < 4.78 is 5.44. The molecule has 1 aromatic heterocycles. The summed E-state index contributed by atoms with van der Waals surface area (Å²) >= 11 is 0. The number of ether oxygens (including phenoxy) is 1. The van der Waals surface area contributed by atoms with Crippen LogP contribution < -0.4 is 15.4 Å². The Morgan fingerprint density at radius 2 is 2.39 bits per heavy atom. The second-order valence-corrected chi connectivity index (χ2v) is 4.30. The lowest BCUT2D eigenvalue weighted by Crippen LogP contribution is -2.27. The molecule has 1 aliphatic rings. The Balaban J connectivity index is 1.76. The second kappa shape index (κ2) is 6.23. The molecule has 2 rings (SSSR count). The van der Waals surface area contributed by atoms with Gasteiger partial charge < -0.3 is 15.4 Å². The number of carbonyl (C=O) groups excluding carboxylic acids is 1. The van der Waals surface area contributed by atoms with Gasteiger partial charge in [-0.05, 0) is 31.9 Å². The van der Waals surface area contributed by atoms with Gasteiger partial charge in [0.15, 0.2) is 11.6 Å². The topological polar surface area (TPSA) is 63.2 Å². The molecular formula is C13H19N3O2. The van der Waals surface area contributed by atoms with Gasteiger partial charge in [0.1, 0.15) is 0 Å². The minimum atomic E-state index is 0.0962. The summed E-state index contributed by atoms with van der Waals surface area (Å²) in [6, 6.07) is 4.12. The van der Waals surface area contributed by atoms with Crippen molar-refractivity contribution >= 4 is 11.7 Å². The number of pyridine rings is 1. The summed E-state index contributed by atoms with van der Waals surface area (Å²) in [4.78, 5) is 15.7.